The van der Waals surface area contributed by atoms with Crippen LogP contribution in [0, 0.1) is 3.57 Å². The molecule has 0 unspecified atom stereocenters. The van der Waals surface area contributed by atoms with E-state index in [0.717, 1.165) is 5.56 Å². The number of nitrogens with one attached hydrogen (secondary N) is 2. The Morgan fingerprint density at radius 3 is 2.36 bits per heavy atom. The van der Waals surface area contributed by atoms with Gasteiger partial charge in [0, 0.05) is 5.56 Å². The lowest BCUT2D eigenvalue weighted by Gasteiger charge is -2.18. The van der Waals surface area contributed by atoms with Gasteiger partial charge in [0.05, 0.1) is 29.4 Å². The van der Waals surface area contributed by atoms with Gasteiger partial charge in [0.1, 0.15) is 0 Å². The highest BCUT2D eigenvalue weighted by molar-refractivity contribution is 14.1. The second kappa shape index (κ2) is 13.2. The van der Waals surface area contributed by atoms with Crippen LogP contribution in [0.2, 0.25) is 0 Å². The fourth-order valence-corrected chi connectivity index (χ4v) is 4.05. The zero-order valence-electron chi connectivity index (χ0n) is 19.3. The summed E-state index contributed by atoms with van der Waals surface area (Å²) in [5.41, 5.74) is 4.38. The summed E-state index contributed by atoms with van der Waals surface area (Å²) in [6, 6.07) is 20.8. The third kappa shape index (κ3) is 7.80. The Kier molecular flexibility index (Phi) is 9.81. The van der Waals surface area contributed by atoms with E-state index in [-0.39, 0.29) is 12.3 Å². The number of benzene rings is 3. The van der Waals surface area contributed by atoms with Crippen LogP contribution in [0.25, 0.3) is 0 Å². The van der Waals surface area contributed by atoms with Crippen molar-refractivity contribution in [2.24, 2.45) is 5.10 Å². The SMILES string of the molecule is COc1cc(/C=N\NC(=O)C[C@@H](NC(=O)c2ccccc2)c2ccccc2)cc(I)c1OCC(=O)O. The number of hydrogen-bond acceptors (Lipinski definition) is 6. The Hall–Kier alpha value is -3.93. The number of carbonyl (C=O) groups excluding carboxylic acids is 2. The molecular formula is C26H24IN3O6. The number of rotatable bonds is 11. The highest BCUT2D eigenvalue weighted by Gasteiger charge is 2.19. The molecule has 0 heterocycles. The first-order valence-corrected chi connectivity index (χ1v) is 11.9. The number of carboxylic acids is 1. The second-order valence-electron chi connectivity index (χ2n) is 7.52. The van der Waals surface area contributed by atoms with Crippen LogP contribution < -0.4 is 20.2 Å². The lowest BCUT2D eigenvalue weighted by atomic mass is 10.0. The van der Waals surface area contributed by atoms with Gasteiger partial charge in [-0.3, -0.25) is 9.59 Å². The quantitative estimate of drug-likeness (QED) is 0.175. The summed E-state index contributed by atoms with van der Waals surface area (Å²) in [4.78, 5) is 36.1. The average Bonchev–Trinajstić information content (AvgIpc) is 2.88. The first kappa shape index (κ1) is 26.7. The molecule has 0 bridgehead atoms. The molecule has 0 aromatic heterocycles. The Bertz CT molecular complexity index is 1240. The molecule has 0 spiro atoms. The van der Waals surface area contributed by atoms with Crippen molar-refractivity contribution >= 4 is 46.6 Å². The molecule has 3 rings (SSSR count). The maximum absolute atomic E-state index is 12.7. The molecule has 1 atom stereocenters. The number of carbonyl (C=O) groups is 3. The number of hydrazone groups is 1. The van der Waals surface area contributed by atoms with Crippen molar-refractivity contribution in [3.63, 3.8) is 0 Å². The molecule has 0 radical (unpaired) electrons. The van der Waals surface area contributed by atoms with Gasteiger partial charge in [-0.25, -0.2) is 10.2 Å². The number of methoxy groups -OCH3 is 1. The highest BCUT2D eigenvalue weighted by atomic mass is 127. The van der Waals surface area contributed by atoms with Gasteiger partial charge in [-0.1, -0.05) is 48.5 Å². The van der Waals surface area contributed by atoms with Crippen LogP contribution >= 0.6 is 22.6 Å². The summed E-state index contributed by atoms with van der Waals surface area (Å²) in [6.07, 6.45) is 1.41. The van der Waals surface area contributed by atoms with E-state index in [1.807, 2.05) is 59.0 Å². The molecule has 3 aromatic rings. The summed E-state index contributed by atoms with van der Waals surface area (Å²) in [6.45, 7) is -0.501. The molecule has 186 valence electrons. The van der Waals surface area contributed by atoms with Crippen LogP contribution in [-0.4, -0.2) is 42.8 Å². The van der Waals surface area contributed by atoms with Gasteiger partial charge in [0.15, 0.2) is 18.1 Å². The molecule has 3 aromatic carbocycles. The van der Waals surface area contributed by atoms with Gasteiger partial charge in [0.25, 0.3) is 5.91 Å². The summed E-state index contributed by atoms with van der Waals surface area (Å²) < 4.78 is 11.2. The van der Waals surface area contributed by atoms with Crippen LogP contribution in [0.15, 0.2) is 77.9 Å². The number of aliphatic carboxylic acids is 1. The van der Waals surface area contributed by atoms with E-state index in [4.69, 9.17) is 14.6 Å². The fraction of sp³-hybridized carbons (Fsp3) is 0.154. The van der Waals surface area contributed by atoms with Crippen LogP contribution in [0.3, 0.4) is 0 Å². The van der Waals surface area contributed by atoms with Gasteiger partial charge in [-0.15, -0.1) is 0 Å². The van der Waals surface area contributed by atoms with Crippen LogP contribution in [0.4, 0.5) is 0 Å². The van der Waals surface area contributed by atoms with Gasteiger partial charge in [0.2, 0.25) is 5.91 Å². The Labute approximate surface area is 221 Å². The van der Waals surface area contributed by atoms with E-state index in [1.165, 1.54) is 13.3 Å². The standard InChI is InChI=1S/C26H24IN3O6/c1-35-22-13-17(12-20(27)25(22)36-16-24(32)33)15-28-30-23(31)14-21(18-8-4-2-5-9-18)29-26(34)19-10-6-3-7-11-19/h2-13,15,21H,14,16H2,1H3,(H,29,34)(H,30,31)(H,32,33)/b28-15-/t21-/m1/s1. The van der Waals surface area contributed by atoms with Crippen molar-refractivity contribution in [3.05, 3.63) is 93.1 Å². The van der Waals surface area contributed by atoms with Crippen molar-refractivity contribution in [2.45, 2.75) is 12.5 Å². The van der Waals surface area contributed by atoms with Crippen molar-refractivity contribution < 1.29 is 29.0 Å². The predicted octanol–water partition coefficient (Wildman–Crippen LogP) is 3.77. The Morgan fingerprint density at radius 2 is 1.72 bits per heavy atom. The third-order valence-corrected chi connectivity index (χ3v) is 5.73. The summed E-state index contributed by atoms with van der Waals surface area (Å²) in [7, 11) is 1.44. The van der Waals surface area contributed by atoms with Gasteiger partial charge >= 0.3 is 5.97 Å². The molecule has 0 fully saturated rings. The van der Waals surface area contributed by atoms with E-state index in [9.17, 15) is 14.4 Å². The topological polar surface area (TPSA) is 126 Å². The summed E-state index contributed by atoms with van der Waals surface area (Å²) >= 11 is 2.00. The van der Waals surface area contributed by atoms with Crippen LogP contribution in [0.1, 0.15) is 33.9 Å². The number of hydrogen-bond donors (Lipinski definition) is 3. The number of carboxylic acid groups (broad SMARTS) is 1. The minimum atomic E-state index is -1.10. The second-order valence-corrected chi connectivity index (χ2v) is 8.68. The lowest BCUT2D eigenvalue weighted by molar-refractivity contribution is -0.139. The molecule has 3 N–H and O–H groups in total. The number of amides is 2. The predicted molar refractivity (Wildman–Crippen MR) is 142 cm³/mol. The summed E-state index contributed by atoms with van der Waals surface area (Å²) in [5, 5.41) is 15.8. The lowest BCUT2D eigenvalue weighted by Crippen LogP contribution is -2.32. The first-order valence-electron chi connectivity index (χ1n) is 10.8. The molecular weight excluding hydrogens is 577 g/mol. The zero-order valence-corrected chi connectivity index (χ0v) is 21.5. The van der Waals surface area contributed by atoms with Crippen molar-refractivity contribution in [3.8, 4) is 11.5 Å². The van der Waals surface area contributed by atoms with Gasteiger partial charge < -0.3 is 19.9 Å². The molecule has 0 saturated carbocycles. The molecule has 36 heavy (non-hydrogen) atoms. The van der Waals surface area contributed by atoms with Crippen LogP contribution in [-0.2, 0) is 9.59 Å². The minimum Gasteiger partial charge on any atom is -0.493 e. The van der Waals surface area contributed by atoms with Crippen molar-refractivity contribution in [1.82, 2.24) is 10.7 Å². The van der Waals surface area contributed by atoms with E-state index in [2.05, 4.69) is 15.8 Å². The van der Waals surface area contributed by atoms with Crippen molar-refractivity contribution in [2.75, 3.05) is 13.7 Å². The van der Waals surface area contributed by atoms with E-state index in [1.54, 1.807) is 36.4 Å². The molecule has 9 nitrogen and oxygen atoms in total. The van der Waals surface area contributed by atoms with E-state index in [0.29, 0.717) is 26.2 Å². The van der Waals surface area contributed by atoms with E-state index < -0.39 is 24.5 Å². The van der Waals surface area contributed by atoms with Gasteiger partial charge in [-0.05, 0) is 58.0 Å². The van der Waals surface area contributed by atoms with Crippen molar-refractivity contribution in [1.29, 1.82) is 0 Å². The average molecular weight is 601 g/mol. The maximum Gasteiger partial charge on any atom is 0.341 e. The highest BCUT2D eigenvalue weighted by Crippen LogP contribution is 2.33. The zero-order chi connectivity index (χ0) is 25.9. The number of ether oxygens (including phenoxy) is 2. The first-order chi connectivity index (χ1) is 17.4. The fourth-order valence-electron chi connectivity index (χ4n) is 3.27. The number of nitrogens with zero attached hydrogens (tertiary/aromatic N) is 1. The largest absolute Gasteiger partial charge is 0.493 e. The molecule has 0 aliphatic rings. The van der Waals surface area contributed by atoms with Crippen LogP contribution in [0.5, 0.6) is 11.5 Å². The molecule has 0 aliphatic carbocycles. The molecule has 0 aliphatic heterocycles. The number of halogens is 1. The summed E-state index contributed by atoms with van der Waals surface area (Å²) in [5.74, 6) is -1.13. The Morgan fingerprint density at radius 1 is 1.06 bits per heavy atom. The monoisotopic (exact) mass is 601 g/mol. The normalized spacial score (nSPS) is 11.5. The van der Waals surface area contributed by atoms with Gasteiger partial charge in [-0.2, -0.15) is 5.10 Å². The Balaban J connectivity index is 1.67. The molecule has 2 amide bonds. The molecule has 10 heteroatoms. The maximum atomic E-state index is 12.7. The third-order valence-electron chi connectivity index (χ3n) is 4.93. The minimum absolute atomic E-state index is 0.0251. The molecule has 0 saturated heterocycles. The smallest absolute Gasteiger partial charge is 0.341 e. The van der Waals surface area contributed by atoms with E-state index >= 15 is 0 Å².